The first kappa shape index (κ1) is 33.9. The number of alkyl halides is 9. The van der Waals surface area contributed by atoms with Gasteiger partial charge in [-0.05, 0) is 35.9 Å². The normalized spacial score (nSPS) is 14.4. The van der Waals surface area contributed by atoms with E-state index in [-0.39, 0.29) is 21.6 Å². The highest BCUT2D eigenvalue weighted by molar-refractivity contribution is 7.89. The van der Waals surface area contributed by atoms with E-state index in [0.29, 0.717) is 19.2 Å². The fourth-order valence-electron chi connectivity index (χ4n) is 3.08. The third-order valence-corrected chi connectivity index (χ3v) is 7.71. The number of carbonyl (C=O) groups is 1. The molecule has 2 aromatic carbocycles. The van der Waals surface area contributed by atoms with Gasteiger partial charge in [-0.25, -0.2) is 12.8 Å². The van der Waals surface area contributed by atoms with Crippen molar-refractivity contribution in [1.82, 2.24) is 9.84 Å². The summed E-state index contributed by atoms with van der Waals surface area (Å²) in [4.78, 5) is 12.3. The monoisotopic (exact) mass is 668 g/mol. The number of nitrogens with one attached hydrogen (secondary N) is 1. The molecule has 1 N–H and O–H groups in total. The number of sulfonamides is 1. The molecule has 0 aromatic heterocycles. The average Bonchev–Trinajstić information content (AvgIpc) is 2.77. The highest BCUT2D eigenvalue weighted by Crippen LogP contribution is 2.43. The van der Waals surface area contributed by atoms with Gasteiger partial charge in [0.2, 0.25) is 10.0 Å². The van der Waals surface area contributed by atoms with Crippen molar-refractivity contribution in [3.05, 3.63) is 73.7 Å². The van der Waals surface area contributed by atoms with Gasteiger partial charge in [-0.15, -0.1) is 4.41 Å². The summed E-state index contributed by atoms with van der Waals surface area (Å²) in [6.45, 7) is 0. The van der Waals surface area contributed by atoms with Crippen LogP contribution in [0.2, 0.25) is 15.1 Å². The fraction of sp³-hybridized carbons (Fsp3) is 0.286. The first-order valence-corrected chi connectivity index (χ1v) is 12.8. The molecular weight excluding hydrogens is 657 g/mol. The Morgan fingerprint density at radius 3 is 1.95 bits per heavy atom. The zero-order valence-electron chi connectivity index (χ0n) is 19.2. The Hall–Kier alpha value is -2.27. The molecule has 0 aliphatic carbocycles. The minimum Gasteiger partial charge on any atom is -0.271 e. The predicted octanol–water partition coefficient (Wildman–Crippen LogP) is 7.79. The van der Waals surface area contributed by atoms with Crippen LogP contribution >= 0.6 is 34.8 Å². The maximum Gasteiger partial charge on any atom is 0.417 e. The number of benzene rings is 2. The third-order valence-electron chi connectivity index (χ3n) is 4.90. The quantitative estimate of drug-likeness (QED) is 0.186. The molecule has 2 rings (SSSR count). The van der Waals surface area contributed by atoms with Gasteiger partial charge in [-0.2, -0.15) is 39.5 Å². The molecule has 0 bridgehead atoms. The average molecular weight is 670 g/mol. The maximum atomic E-state index is 14.9. The van der Waals surface area contributed by atoms with E-state index < -0.39 is 84.3 Å². The minimum absolute atomic E-state index is 0.0415. The second-order valence-corrected chi connectivity index (χ2v) is 11.1. The Labute approximate surface area is 234 Å². The van der Waals surface area contributed by atoms with Crippen molar-refractivity contribution in [2.24, 2.45) is 0 Å². The first-order chi connectivity index (χ1) is 17.9. The Morgan fingerprint density at radius 1 is 0.975 bits per heavy atom. The number of hydrazine groups is 1. The zero-order valence-corrected chi connectivity index (χ0v) is 22.3. The SMILES string of the molecule is CN(NC(=O)c1ccc(/C(F)=C/C(c2cc(Cl)c(Cl)c(Cl)c2)C(F)(F)F)cc1C(F)(F)F)S(=O)(=O)CC(F)(F)F. The summed E-state index contributed by atoms with van der Waals surface area (Å²) in [6.07, 6.45) is -16.0. The lowest BCUT2D eigenvalue weighted by Gasteiger charge is -2.21. The van der Waals surface area contributed by atoms with Crippen LogP contribution in [0.1, 0.15) is 33.0 Å². The van der Waals surface area contributed by atoms with Crippen molar-refractivity contribution in [2.45, 2.75) is 24.4 Å². The molecule has 0 aliphatic rings. The Morgan fingerprint density at radius 2 is 1.50 bits per heavy atom. The lowest BCUT2D eigenvalue weighted by Crippen LogP contribution is -2.46. The van der Waals surface area contributed by atoms with Gasteiger partial charge in [0, 0.05) is 12.6 Å². The molecule has 2 aromatic rings. The molecule has 19 heteroatoms. The molecule has 0 radical (unpaired) electrons. The number of nitrogens with zero attached hydrogens (tertiary/aromatic N) is 1. The van der Waals surface area contributed by atoms with E-state index in [4.69, 9.17) is 34.8 Å². The maximum absolute atomic E-state index is 14.9. The van der Waals surface area contributed by atoms with Gasteiger partial charge in [0.25, 0.3) is 5.91 Å². The summed E-state index contributed by atoms with van der Waals surface area (Å²) in [5.41, 5.74) is -3.78. The standard InChI is InChI=1S/C21H13Cl3F10N2O3S/c1-36(40(38,39)8-19(26,27)28)35-18(37)11-3-2-9(4-13(11)21(32,33)34)16(25)7-12(20(29,30)31)10-5-14(22)17(24)15(23)6-10/h2-7,12H,8H2,1H3,(H,35,37)/b16-7-. The van der Waals surface area contributed by atoms with E-state index in [0.717, 1.165) is 12.1 Å². The minimum atomic E-state index is -5.45. The lowest BCUT2D eigenvalue weighted by molar-refractivity contribution is -0.140. The molecule has 0 saturated heterocycles. The van der Waals surface area contributed by atoms with Gasteiger partial charge in [-0.3, -0.25) is 10.2 Å². The van der Waals surface area contributed by atoms with E-state index in [9.17, 15) is 57.1 Å². The third kappa shape index (κ3) is 8.61. The lowest BCUT2D eigenvalue weighted by atomic mass is 9.95. The molecule has 40 heavy (non-hydrogen) atoms. The summed E-state index contributed by atoms with van der Waals surface area (Å²) in [7, 11) is -4.85. The Bertz CT molecular complexity index is 1400. The fourth-order valence-corrected chi connectivity index (χ4v) is 4.52. The largest absolute Gasteiger partial charge is 0.417 e. The van der Waals surface area contributed by atoms with Crippen LogP contribution in [0, 0.1) is 0 Å². The van der Waals surface area contributed by atoms with E-state index in [1.807, 2.05) is 0 Å². The summed E-state index contributed by atoms with van der Waals surface area (Å²) in [5.74, 6) is -8.92. The number of rotatable bonds is 7. The number of amides is 1. The molecule has 5 nitrogen and oxygen atoms in total. The Kier molecular flexibility index (Phi) is 10.1. The van der Waals surface area contributed by atoms with Crippen LogP contribution in [0.5, 0.6) is 0 Å². The second-order valence-electron chi connectivity index (χ2n) is 7.87. The van der Waals surface area contributed by atoms with Crippen LogP contribution < -0.4 is 5.43 Å². The predicted molar refractivity (Wildman–Crippen MR) is 126 cm³/mol. The first-order valence-electron chi connectivity index (χ1n) is 10.1. The molecule has 1 amide bonds. The van der Waals surface area contributed by atoms with Gasteiger partial charge in [0.15, 0.2) is 5.75 Å². The van der Waals surface area contributed by atoms with Crippen molar-refractivity contribution in [3.63, 3.8) is 0 Å². The van der Waals surface area contributed by atoms with Crippen molar-refractivity contribution in [3.8, 4) is 0 Å². The van der Waals surface area contributed by atoms with Crippen LogP contribution in [0.3, 0.4) is 0 Å². The smallest absolute Gasteiger partial charge is 0.271 e. The number of halogens is 13. The number of carbonyl (C=O) groups excluding carboxylic acids is 1. The Balaban J connectivity index is 2.53. The van der Waals surface area contributed by atoms with E-state index in [1.54, 1.807) is 0 Å². The second kappa shape index (κ2) is 11.9. The van der Waals surface area contributed by atoms with Crippen LogP contribution in [0.25, 0.3) is 5.83 Å². The highest BCUT2D eigenvalue weighted by atomic mass is 35.5. The molecule has 0 saturated carbocycles. The van der Waals surface area contributed by atoms with Crippen molar-refractivity contribution >= 4 is 56.6 Å². The topological polar surface area (TPSA) is 66.5 Å². The van der Waals surface area contributed by atoms with Crippen molar-refractivity contribution in [1.29, 1.82) is 0 Å². The number of hydrogen-bond acceptors (Lipinski definition) is 3. The summed E-state index contributed by atoms with van der Waals surface area (Å²) < 4.78 is 157. The van der Waals surface area contributed by atoms with E-state index >= 15 is 0 Å². The van der Waals surface area contributed by atoms with Gasteiger partial charge in [0.1, 0.15) is 11.7 Å². The molecule has 0 spiro atoms. The van der Waals surface area contributed by atoms with Crippen molar-refractivity contribution < 1.29 is 57.1 Å². The zero-order chi connectivity index (χ0) is 31.0. The molecule has 222 valence electrons. The van der Waals surface area contributed by atoms with Crippen LogP contribution in [0.4, 0.5) is 43.9 Å². The molecule has 1 atom stereocenters. The molecule has 0 heterocycles. The summed E-state index contributed by atoms with van der Waals surface area (Å²) in [6, 6.07) is 2.16. The summed E-state index contributed by atoms with van der Waals surface area (Å²) >= 11 is 17.1. The van der Waals surface area contributed by atoms with E-state index in [2.05, 4.69) is 0 Å². The van der Waals surface area contributed by atoms with Crippen LogP contribution in [-0.4, -0.2) is 43.9 Å². The number of allylic oxidation sites excluding steroid dienone is 1. The van der Waals surface area contributed by atoms with Gasteiger partial charge < -0.3 is 0 Å². The van der Waals surface area contributed by atoms with Crippen LogP contribution in [-0.2, 0) is 16.2 Å². The van der Waals surface area contributed by atoms with Crippen molar-refractivity contribution in [2.75, 3.05) is 12.8 Å². The van der Waals surface area contributed by atoms with Gasteiger partial charge in [-0.1, -0.05) is 40.9 Å². The van der Waals surface area contributed by atoms with Gasteiger partial charge >= 0.3 is 18.5 Å². The van der Waals surface area contributed by atoms with E-state index in [1.165, 1.54) is 5.43 Å². The number of hydrogen-bond donors (Lipinski definition) is 1. The summed E-state index contributed by atoms with van der Waals surface area (Å²) in [5, 5.41) is -1.16. The van der Waals surface area contributed by atoms with Crippen LogP contribution in [0.15, 0.2) is 36.4 Å². The highest BCUT2D eigenvalue weighted by Gasteiger charge is 2.42. The molecule has 0 aliphatic heterocycles. The molecular formula is C21H13Cl3F10N2O3S. The van der Waals surface area contributed by atoms with Gasteiger partial charge in [0.05, 0.1) is 26.2 Å². The molecule has 1 unspecified atom stereocenters. The molecule has 0 fully saturated rings.